The van der Waals surface area contributed by atoms with E-state index in [-0.39, 0.29) is 13.0 Å². The number of alkyl halides is 3. The van der Waals surface area contributed by atoms with Gasteiger partial charge >= 0.3 is 6.18 Å². The van der Waals surface area contributed by atoms with E-state index in [0.29, 0.717) is 16.8 Å². The van der Waals surface area contributed by atoms with Crippen LogP contribution in [0.25, 0.3) is 5.70 Å². The molecule has 1 atom stereocenters. The van der Waals surface area contributed by atoms with E-state index in [1.807, 2.05) is 0 Å². The highest BCUT2D eigenvalue weighted by atomic mass is 19.4. The number of rotatable bonds is 2. The van der Waals surface area contributed by atoms with E-state index < -0.39 is 18.4 Å². The molecule has 0 saturated carbocycles. The summed E-state index contributed by atoms with van der Waals surface area (Å²) >= 11 is 0. The van der Waals surface area contributed by atoms with Gasteiger partial charge in [-0.1, -0.05) is 0 Å². The lowest BCUT2D eigenvalue weighted by molar-refractivity contribution is -0.162. The van der Waals surface area contributed by atoms with Crippen molar-refractivity contribution in [2.45, 2.75) is 18.9 Å². The Morgan fingerprint density at radius 2 is 2.00 bits per heavy atom. The fourth-order valence-electron chi connectivity index (χ4n) is 2.37. The SMILES string of the molecule is FC(F)(F)C1C=C(c2cnccc2C2OC=CO2)NCC1. The van der Waals surface area contributed by atoms with Crippen LogP contribution in [-0.2, 0) is 9.47 Å². The van der Waals surface area contributed by atoms with Gasteiger partial charge in [0.1, 0.15) is 12.5 Å². The van der Waals surface area contributed by atoms with Crippen molar-refractivity contribution < 1.29 is 22.6 Å². The van der Waals surface area contributed by atoms with Crippen molar-refractivity contribution >= 4 is 5.70 Å². The summed E-state index contributed by atoms with van der Waals surface area (Å²) in [6.07, 6.45) is 2.19. The third-order valence-corrected chi connectivity index (χ3v) is 3.42. The molecule has 1 aromatic heterocycles. The number of nitrogens with zero attached hydrogens (tertiary/aromatic N) is 1. The third-order valence-electron chi connectivity index (χ3n) is 3.42. The Morgan fingerprint density at radius 3 is 2.71 bits per heavy atom. The number of pyridine rings is 1. The first-order valence-corrected chi connectivity index (χ1v) is 6.48. The van der Waals surface area contributed by atoms with E-state index >= 15 is 0 Å². The summed E-state index contributed by atoms with van der Waals surface area (Å²) in [5.74, 6) is -1.45. The van der Waals surface area contributed by atoms with E-state index in [4.69, 9.17) is 9.47 Å². The molecular weight excluding hydrogens is 285 g/mol. The van der Waals surface area contributed by atoms with Crippen LogP contribution in [0.3, 0.4) is 0 Å². The molecular formula is C14H13F3N2O2. The highest BCUT2D eigenvalue weighted by Crippen LogP contribution is 2.36. The predicted molar refractivity (Wildman–Crippen MR) is 68.4 cm³/mol. The summed E-state index contributed by atoms with van der Waals surface area (Å²) < 4.78 is 49.2. The summed E-state index contributed by atoms with van der Waals surface area (Å²) in [6, 6.07) is 1.67. The number of allylic oxidation sites excluding steroid dienone is 1. The Morgan fingerprint density at radius 1 is 1.24 bits per heavy atom. The van der Waals surface area contributed by atoms with Gasteiger partial charge in [-0.05, 0) is 18.6 Å². The summed E-state index contributed by atoms with van der Waals surface area (Å²) in [5.41, 5.74) is 1.60. The normalized spacial score (nSPS) is 22.2. The van der Waals surface area contributed by atoms with Crippen LogP contribution in [0.1, 0.15) is 23.8 Å². The van der Waals surface area contributed by atoms with Crippen molar-refractivity contribution in [2.24, 2.45) is 5.92 Å². The topological polar surface area (TPSA) is 43.4 Å². The van der Waals surface area contributed by atoms with Crippen molar-refractivity contribution in [3.8, 4) is 0 Å². The van der Waals surface area contributed by atoms with Crippen LogP contribution < -0.4 is 5.32 Å². The molecule has 1 aromatic rings. The fraction of sp³-hybridized carbons (Fsp3) is 0.357. The van der Waals surface area contributed by atoms with Gasteiger partial charge in [-0.3, -0.25) is 4.98 Å². The molecule has 2 aliphatic heterocycles. The highest BCUT2D eigenvalue weighted by Gasteiger charge is 2.39. The summed E-state index contributed by atoms with van der Waals surface area (Å²) in [5, 5.41) is 2.99. The van der Waals surface area contributed by atoms with Crippen molar-refractivity contribution in [1.82, 2.24) is 10.3 Å². The van der Waals surface area contributed by atoms with Gasteiger partial charge in [-0.25, -0.2) is 0 Å². The molecule has 1 N–H and O–H groups in total. The fourth-order valence-corrected chi connectivity index (χ4v) is 2.37. The molecule has 0 bridgehead atoms. The average molecular weight is 298 g/mol. The maximum absolute atomic E-state index is 12.9. The largest absolute Gasteiger partial charge is 0.455 e. The molecule has 0 saturated heterocycles. The molecule has 112 valence electrons. The molecule has 0 spiro atoms. The molecule has 1 unspecified atom stereocenters. The van der Waals surface area contributed by atoms with Crippen LogP contribution in [0.4, 0.5) is 13.2 Å². The smallest absolute Gasteiger partial charge is 0.395 e. The second kappa shape index (κ2) is 5.31. The highest BCUT2D eigenvalue weighted by molar-refractivity contribution is 5.67. The number of hydrogen-bond donors (Lipinski definition) is 1. The molecule has 0 radical (unpaired) electrons. The van der Waals surface area contributed by atoms with Crippen LogP contribution in [-0.4, -0.2) is 17.7 Å². The van der Waals surface area contributed by atoms with Gasteiger partial charge < -0.3 is 14.8 Å². The van der Waals surface area contributed by atoms with Gasteiger partial charge in [0.2, 0.25) is 0 Å². The number of hydrogen-bond acceptors (Lipinski definition) is 4. The van der Waals surface area contributed by atoms with Gasteiger partial charge in [-0.15, -0.1) is 0 Å². The second-order valence-electron chi connectivity index (χ2n) is 4.78. The van der Waals surface area contributed by atoms with Crippen LogP contribution in [0, 0.1) is 5.92 Å². The lowest BCUT2D eigenvalue weighted by atomic mass is 9.96. The zero-order valence-electron chi connectivity index (χ0n) is 10.9. The zero-order valence-corrected chi connectivity index (χ0v) is 10.9. The molecule has 0 aliphatic carbocycles. The molecule has 2 aliphatic rings. The Labute approximate surface area is 119 Å². The van der Waals surface area contributed by atoms with Gasteiger partial charge in [-0.2, -0.15) is 13.2 Å². The predicted octanol–water partition coefficient (Wildman–Crippen LogP) is 3.11. The lowest BCUT2D eigenvalue weighted by Gasteiger charge is -2.26. The second-order valence-corrected chi connectivity index (χ2v) is 4.78. The van der Waals surface area contributed by atoms with Crippen molar-refractivity contribution in [3.05, 3.63) is 48.2 Å². The van der Waals surface area contributed by atoms with Crippen molar-refractivity contribution in [3.63, 3.8) is 0 Å². The quantitative estimate of drug-likeness (QED) is 0.911. The Balaban J connectivity index is 1.94. The molecule has 7 heteroatoms. The monoisotopic (exact) mass is 298 g/mol. The molecule has 4 nitrogen and oxygen atoms in total. The van der Waals surface area contributed by atoms with E-state index in [0.717, 1.165) is 0 Å². The maximum atomic E-state index is 12.9. The first-order valence-electron chi connectivity index (χ1n) is 6.48. The van der Waals surface area contributed by atoms with E-state index in [9.17, 15) is 13.2 Å². The molecule has 0 aromatic carbocycles. The van der Waals surface area contributed by atoms with Gasteiger partial charge in [0.05, 0.1) is 5.92 Å². The van der Waals surface area contributed by atoms with Crippen LogP contribution >= 0.6 is 0 Å². The van der Waals surface area contributed by atoms with Crippen molar-refractivity contribution in [2.75, 3.05) is 6.54 Å². The van der Waals surface area contributed by atoms with Crippen LogP contribution in [0.15, 0.2) is 37.1 Å². The maximum Gasteiger partial charge on any atom is 0.395 e. The minimum Gasteiger partial charge on any atom is -0.455 e. The summed E-state index contributed by atoms with van der Waals surface area (Å²) in [4.78, 5) is 3.99. The summed E-state index contributed by atoms with van der Waals surface area (Å²) in [7, 11) is 0. The molecule has 0 amide bonds. The Bertz CT molecular complexity index is 576. The molecule has 3 heterocycles. The molecule has 3 rings (SSSR count). The van der Waals surface area contributed by atoms with E-state index in [1.165, 1.54) is 24.8 Å². The van der Waals surface area contributed by atoms with E-state index in [2.05, 4.69) is 10.3 Å². The standard InChI is InChI=1S/C14H13F3N2O2/c15-14(16,17)9-1-4-19-12(7-9)11-8-18-3-2-10(11)13-20-5-6-21-13/h2-3,5-9,13,19H,1,4H2. The van der Waals surface area contributed by atoms with Crippen molar-refractivity contribution in [1.29, 1.82) is 0 Å². The minimum atomic E-state index is -4.24. The lowest BCUT2D eigenvalue weighted by Crippen LogP contribution is -2.31. The van der Waals surface area contributed by atoms with E-state index in [1.54, 1.807) is 12.3 Å². The Hall–Kier alpha value is -2.18. The first-order chi connectivity index (χ1) is 10.1. The number of aromatic nitrogens is 1. The zero-order chi connectivity index (χ0) is 14.9. The number of ether oxygens (including phenoxy) is 2. The number of nitrogens with one attached hydrogen (secondary N) is 1. The summed E-state index contributed by atoms with van der Waals surface area (Å²) in [6.45, 7) is 0.259. The van der Waals surface area contributed by atoms with Crippen LogP contribution in [0.5, 0.6) is 0 Å². The molecule has 0 fully saturated rings. The van der Waals surface area contributed by atoms with Gasteiger partial charge in [0, 0.05) is 35.8 Å². The van der Waals surface area contributed by atoms with Gasteiger partial charge in [0.25, 0.3) is 6.29 Å². The first kappa shape index (κ1) is 13.8. The third kappa shape index (κ3) is 2.81. The van der Waals surface area contributed by atoms with Gasteiger partial charge in [0.15, 0.2) is 0 Å². The van der Waals surface area contributed by atoms with Crippen LogP contribution in [0.2, 0.25) is 0 Å². The Kier molecular flexibility index (Phi) is 3.48. The average Bonchev–Trinajstić information content (AvgIpc) is 3.01. The minimum absolute atomic E-state index is 0.0284. The molecule has 21 heavy (non-hydrogen) atoms. The number of halogens is 3.